The van der Waals surface area contributed by atoms with Gasteiger partial charge in [-0.2, -0.15) is 0 Å². The fourth-order valence-corrected chi connectivity index (χ4v) is 6.42. The van der Waals surface area contributed by atoms with Gasteiger partial charge >= 0.3 is 5.97 Å². The number of carbonyl (C=O) groups is 2. The predicted octanol–water partition coefficient (Wildman–Crippen LogP) is 2.95. The van der Waals surface area contributed by atoms with Crippen molar-refractivity contribution in [2.24, 2.45) is 0 Å². The molecule has 1 N–H and O–H groups in total. The number of nitrogens with one attached hydrogen (secondary N) is 1. The maximum atomic E-state index is 13.1. The first-order valence-electron chi connectivity index (χ1n) is 11.4. The van der Waals surface area contributed by atoms with E-state index in [9.17, 15) is 18.0 Å². The van der Waals surface area contributed by atoms with E-state index < -0.39 is 22.4 Å². The van der Waals surface area contributed by atoms with Crippen LogP contribution in [0.1, 0.15) is 42.5 Å². The third-order valence-corrected chi connectivity index (χ3v) is 8.07. The molecule has 1 unspecified atom stereocenters. The summed E-state index contributed by atoms with van der Waals surface area (Å²) < 4.78 is 34.8. The predicted molar refractivity (Wildman–Crippen MR) is 127 cm³/mol. The Kier molecular flexibility index (Phi) is 7.35. The lowest BCUT2D eigenvalue weighted by Crippen LogP contribution is -2.48. The smallest absolute Gasteiger partial charge is 0.342 e. The number of carbonyl (C=O) groups excluding carboxylic acids is 2. The van der Waals surface area contributed by atoms with Gasteiger partial charge in [-0.15, -0.1) is 0 Å². The van der Waals surface area contributed by atoms with Gasteiger partial charge < -0.3 is 19.7 Å². The van der Waals surface area contributed by atoms with Gasteiger partial charge in [-0.05, 0) is 43.5 Å². The molecule has 1 saturated heterocycles. The molecule has 1 aromatic heterocycles. The zero-order valence-corrected chi connectivity index (χ0v) is 19.9. The normalized spacial score (nSPS) is 19.5. The van der Waals surface area contributed by atoms with Crippen molar-refractivity contribution in [1.29, 1.82) is 0 Å². The molecule has 34 heavy (non-hydrogen) atoms. The Labute approximate surface area is 199 Å². The maximum Gasteiger partial charge on any atom is 0.342 e. The Morgan fingerprint density at radius 2 is 1.85 bits per heavy atom. The number of nitrogens with zero attached hydrogens (tertiary/aromatic N) is 2. The lowest BCUT2D eigenvalue weighted by Gasteiger charge is -2.33. The Morgan fingerprint density at radius 1 is 1.09 bits per heavy atom. The maximum absolute atomic E-state index is 13.1. The largest absolute Gasteiger partial charge is 0.495 e. The standard InChI is InChI=1S/C24H29N3O6S/c1-32-21-11-5-4-10-20(21)26-23-19(9-6-13-25-23)24(29)33-15-22(28)27(17-7-2-3-8-17)18-12-14-34(30,31)16-18/h4-6,9-11,13,17-18H,2-3,7-8,12,14-16H2,1H3,(H,25,26). The summed E-state index contributed by atoms with van der Waals surface area (Å²) in [5.41, 5.74) is 0.806. The molecule has 1 saturated carbocycles. The third-order valence-electron chi connectivity index (χ3n) is 6.32. The highest BCUT2D eigenvalue weighted by Crippen LogP contribution is 2.30. The monoisotopic (exact) mass is 487 g/mol. The fraction of sp³-hybridized carbons (Fsp3) is 0.458. The van der Waals surface area contributed by atoms with Gasteiger partial charge in [-0.25, -0.2) is 18.2 Å². The minimum atomic E-state index is -3.15. The van der Waals surface area contributed by atoms with E-state index in [1.807, 2.05) is 12.1 Å². The van der Waals surface area contributed by atoms with E-state index in [1.54, 1.807) is 42.5 Å². The van der Waals surface area contributed by atoms with Gasteiger partial charge in [0.05, 0.1) is 24.3 Å². The van der Waals surface area contributed by atoms with E-state index >= 15 is 0 Å². The Hall–Kier alpha value is -3.14. The molecule has 1 amide bonds. The van der Waals surface area contributed by atoms with Crippen LogP contribution in [0.5, 0.6) is 5.75 Å². The van der Waals surface area contributed by atoms with E-state index in [2.05, 4.69) is 10.3 Å². The highest BCUT2D eigenvalue weighted by atomic mass is 32.2. The lowest BCUT2D eigenvalue weighted by atomic mass is 10.1. The summed E-state index contributed by atoms with van der Waals surface area (Å²) >= 11 is 0. The number of methoxy groups -OCH3 is 1. The van der Waals surface area contributed by atoms with Crippen LogP contribution in [0, 0.1) is 0 Å². The number of sulfone groups is 1. The minimum absolute atomic E-state index is 0.00864. The summed E-state index contributed by atoms with van der Waals surface area (Å²) in [4.78, 5) is 31.9. The molecule has 10 heteroatoms. The second-order valence-corrected chi connectivity index (χ2v) is 10.8. The Balaban J connectivity index is 1.46. The van der Waals surface area contributed by atoms with Crippen LogP contribution in [0.3, 0.4) is 0 Å². The first-order valence-corrected chi connectivity index (χ1v) is 13.2. The van der Waals surface area contributed by atoms with Crippen LogP contribution < -0.4 is 10.1 Å². The molecule has 1 aromatic carbocycles. The van der Waals surface area contributed by atoms with Crippen molar-refractivity contribution >= 4 is 33.2 Å². The fourth-order valence-electron chi connectivity index (χ4n) is 4.71. The van der Waals surface area contributed by atoms with Crippen molar-refractivity contribution in [3.63, 3.8) is 0 Å². The number of anilines is 2. The summed E-state index contributed by atoms with van der Waals surface area (Å²) in [5.74, 6) is -0.129. The molecular weight excluding hydrogens is 458 g/mol. The molecule has 2 aromatic rings. The topological polar surface area (TPSA) is 115 Å². The highest BCUT2D eigenvalue weighted by molar-refractivity contribution is 7.91. The second-order valence-electron chi connectivity index (χ2n) is 8.60. The van der Waals surface area contributed by atoms with Crippen LogP contribution in [-0.2, 0) is 19.4 Å². The summed E-state index contributed by atoms with van der Waals surface area (Å²) in [6.07, 6.45) is 5.65. The number of esters is 1. The average molecular weight is 488 g/mol. The number of hydrogen-bond donors (Lipinski definition) is 1. The number of pyridine rings is 1. The molecule has 2 fully saturated rings. The number of para-hydroxylation sites is 2. The van der Waals surface area contributed by atoms with Crippen LogP contribution in [0.15, 0.2) is 42.6 Å². The lowest BCUT2D eigenvalue weighted by molar-refractivity contribution is -0.139. The number of ether oxygens (including phenoxy) is 2. The van der Waals surface area contributed by atoms with E-state index in [4.69, 9.17) is 9.47 Å². The molecular formula is C24H29N3O6S. The molecule has 9 nitrogen and oxygen atoms in total. The number of aromatic nitrogens is 1. The molecule has 2 heterocycles. The molecule has 4 rings (SSSR count). The van der Waals surface area contributed by atoms with Crippen LogP contribution in [0.4, 0.5) is 11.5 Å². The average Bonchev–Trinajstić information content (AvgIpc) is 3.48. The van der Waals surface area contributed by atoms with E-state index in [0.29, 0.717) is 17.9 Å². The zero-order valence-electron chi connectivity index (χ0n) is 19.1. The molecule has 0 bridgehead atoms. The number of amides is 1. The Morgan fingerprint density at radius 3 is 2.56 bits per heavy atom. The van der Waals surface area contributed by atoms with E-state index in [0.717, 1.165) is 25.7 Å². The zero-order chi connectivity index (χ0) is 24.1. The second kappa shape index (κ2) is 10.4. The first-order chi connectivity index (χ1) is 16.4. The molecule has 1 aliphatic carbocycles. The molecule has 0 radical (unpaired) electrons. The number of benzene rings is 1. The van der Waals surface area contributed by atoms with Gasteiger partial charge in [0.25, 0.3) is 5.91 Å². The van der Waals surface area contributed by atoms with Crippen LogP contribution in [-0.4, -0.2) is 67.5 Å². The molecule has 2 aliphatic rings. The van der Waals surface area contributed by atoms with Gasteiger partial charge in [0.1, 0.15) is 17.1 Å². The number of rotatable bonds is 8. The molecule has 182 valence electrons. The van der Waals surface area contributed by atoms with Crippen molar-refractivity contribution in [2.75, 3.05) is 30.5 Å². The molecule has 1 atom stereocenters. The van der Waals surface area contributed by atoms with E-state index in [-0.39, 0.29) is 40.9 Å². The van der Waals surface area contributed by atoms with Gasteiger partial charge in [0.15, 0.2) is 16.4 Å². The van der Waals surface area contributed by atoms with Crippen molar-refractivity contribution in [3.8, 4) is 5.75 Å². The Bertz CT molecular complexity index is 1150. The van der Waals surface area contributed by atoms with Crippen LogP contribution in [0.25, 0.3) is 0 Å². The van der Waals surface area contributed by atoms with Gasteiger partial charge in [0, 0.05) is 18.3 Å². The summed E-state index contributed by atoms with van der Waals surface area (Å²) in [6, 6.07) is 10.0. The van der Waals surface area contributed by atoms with Crippen molar-refractivity contribution in [3.05, 3.63) is 48.2 Å². The third kappa shape index (κ3) is 5.49. The molecule has 0 spiro atoms. The van der Waals surface area contributed by atoms with Crippen molar-refractivity contribution < 1.29 is 27.5 Å². The molecule has 1 aliphatic heterocycles. The van der Waals surface area contributed by atoms with Gasteiger partial charge in [0.2, 0.25) is 0 Å². The van der Waals surface area contributed by atoms with Gasteiger partial charge in [-0.3, -0.25) is 4.79 Å². The minimum Gasteiger partial charge on any atom is -0.495 e. The first kappa shape index (κ1) is 24.0. The van der Waals surface area contributed by atoms with E-state index in [1.165, 1.54) is 0 Å². The summed E-state index contributed by atoms with van der Waals surface area (Å²) in [5, 5.41) is 3.08. The van der Waals surface area contributed by atoms with Crippen molar-refractivity contribution in [1.82, 2.24) is 9.88 Å². The highest BCUT2D eigenvalue weighted by Gasteiger charge is 2.39. The van der Waals surface area contributed by atoms with Gasteiger partial charge in [-0.1, -0.05) is 25.0 Å². The number of hydrogen-bond acceptors (Lipinski definition) is 8. The SMILES string of the molecule is COc1ccccc1Nc1ncccc1C(=O)OCC(=O)N(C1CCCC1)C1CCS(=O)(=O)C1. The van der Waals surface area contributed by atoms with Crippen molar-refractivity contribution in [2.45, 2.75) is 44.2 Å². The quantitative estimate of drug-likeness (QED) is 0.565. The van der Waals surface area contributed by atoms with Crippen LogP contribution in [0.2, 0.25) is 0 Å². The summed E-state index contributed by atoms with van der Waals surface area (Å²) in [7, 11) is -1.60. The van der Waals surface area contributed by atoms with Crippen LogP contribution >= 0.6 is 0 Å². The summed E-state index contributed by atoms with van der Waals surface area (Å²) in [6.45, 7) is -0.450.